The molecule has 2 heterocycles. The van der Waals surface area contributed by atoms with Crippen molar-refractivity contribution >= 4 is 17.5 Å². The number of benzene rings is 1. The number of methoxy groups -OCH3 is 1. The second kappa shape index (κ2) is 6.25. The predicted molar refractivity (Wildman–Crippen MR) is 83.0 cm³/mol. The predicted octanol–water partition coefficient (Wildman–Crippen LogP) is 0.622. The molecule has 0 spiro atoms. The van der Waals surface area contributed by atoms with Gasteiger partial charge >= 0.3 is 0 Å². The average Bonchev–Trinajstić information content (AvgIpc) is 3.01. The van der Waals surface area contributed by atoms with Gasteiger partial charge in [-0.3, -0.25) is 9.59 Å². The van der Waals surface area contributed by atoms with Gasteiger partial charge in [-0.2, -0.15) is 0 Å². The second-order valence-corrected chi connectivity index (χ2v) is 5.67. The lowest BCUT2D eigenvalue weighted by Crippen LogP contribution is -2.53. The minimum absolute atomic E-state index is 0.0200. The molecule has 1 atom stereocenters. The average molecular weight is 303 g/mol. The molecule has 6 nitrogen and oxygen atoms in total. The molecule has 2 aliphatic heterocycles. The van der Waals surface area contributed by atoms with Gasteiger partial charge in [-0.1, -0.05) is 6.07 Å². The maximum Gasteiger partial charge on any atom is 0.245 e. The van der Waals surface area contributed by atoms with E-state index in [1.165, 1.54) is 0 Å². The van der Waals surface area contributed by atoms with Crippen LogP contribution in [0.4, 0.5) is 5.69 Å². The number of amides is 2. The summed E-state index contributed by atoms with van der Waals surface area (Å²) in [5, 5.41) is 2.75. The monoisotopic (exact) mass is 303 g/mol. The van der Waals surface area contributed by atoms with E-state index < -0.39 is 0 Å². The summed E-state index contributed by atoms with van der Waals surface area (Å²) in [5.74, 6) is 0.870. The molecule has 0 aromatic heterocycles. The van der Waals surface area contributed by atoms with Crippen molar-refractivity contribution in [3.05, 3.63) is 24.3 Å². The highest BCUT2D eigenvalue weighted by molar-refractivity contribution is 5.90. The molecule has 0 aliphatic carbocycles. The van der Waals surface area contributed by atoms with E-state index in [0.29, 0.717) is 25.9 Å². The minimum atomic E-state index is -0.323. The number of nitrogens with zero attached hydrogens (tertiary/aromatic N) is 2. The first-order valence-electron chi connectivity index (χ1n) is 7.64. The fourth-order valence-corrected chi connectivity index (χ4v) is 3.01. The van der Waals surface area contributed by atoms with Crippen molar-refractivity contribution in [2.24, 2.45) is 0 Å². The number of anilines is 1. The van der Waals surface area contributed by atoms with Gasteiger partial charge in [-0.25, -0.2) is 0 Å². The van der Waals surface area contributed by atoms with Crippen LogP contribution in [0, 0.1) is 0 Å². The van der Waals surface area contributed by atoms with Crippen molar-refractivity contribution in [3.8, 4) is 5.75 Å². The summed E-state index contributed by atoms with van der Waals surface area (Å²) in [5.41, 5.74) is 1.11. The number of nitrogens with one attached hydrogen (secondary N) is 1. The maximum atomic E-state index is 12.4. The highest BCUT2D eigenvalue weighted by Gasteiger charge is 2.32. The van der Waals surface area contributed by atoms with E-state index in [1.807, 2.05) is 23.1 Å². The van der Waals surface area contributed by atoms with E-state index in [1.54, 1.807) is 7.11 Å². The largest absolute Gasteiger partial charge is 0.497 e. The molecule has 2 saturated heterocycles. The third-order valence-corrected chi connectivity index (χ3v) is 4.30. The quantitative estimate of drug-likeness (QED) is 0.889. The first-order valence-corrected chi connectivity index (χ1v) is 7.64. The molecule has 1 aromatic rings. The van der Waals surface area contributed by atoms with Gasteiger partial charge in [0.15, 0.2) is 0 Å². The van der Waals surface area contributed by atoms with Crippen LogP contribution in [0.3, 0.4) is 0 Å². The van der Waals surface area contributed by atoms with Gasteiger partial charge in [0.25, 0.3) is 0 Å². The Labute approximate surface area is 130 Å². The third-order valence-electron chi connectivity index (χ3n) is 4.30. The van der Waals surface area contributed by atoms with Gasteiger partial charge in [0.2, 0.25) is 11.8 Å². The molecule has 2 amide bonds. The number of ether oxygens (including phenoxy) is 1. The topological polar surface area (TPSA) is 61.9 Å². The molecule has 0 bridgehead atoms. The highest BCUT2D eigenvalue weighted by Crippen LogP contribution is 2.22. The van der Waals surface area contributed by atoms with E-state index in [0.717, 1.165) is 24.5 Å². The van der Waals surface area contributed by atoms with E-state index in [-0.39, 0.29) is 17.9 Å². The summed E-state index contributed by atoms with van der Waals surface area (Å²) in [6.07, 6.45) is 1.08. The summed E-state index contributed by atoms with van der Waals surface area (Å²) in [4.78, 5) is 27.7. The number of carbonyl (C=O) groups excluding carboxylic acids is 2. The molecule has 1 aromatic carbocycles. The Morgan fingerprint density at radius 1 is 1.27 bits per heavy atom. The fourth-order valence-electron chi connectivity index (χ4n) is 3.01. The van der Waals surface area contributed by atoms with Crippen LogP contribution in [0.5, 0.6) is 5.75 Å². The third kappa shape index (κ3) is 3.00. The Kier molecular flexibility index (Phi) is 4.18. The van der Waals surface area contributed by atoms with Crippen LogP contribution < -0.4 is 15.0 Å². The van der Waals surface area contributed by atoms with Crippen LogP contribution in [-0.2, 0) is 9.59 Å². The number of piperazine rings is 1. The van der Waals surface area contributed by atoms with Crippen LogP contribution in [0.15, 0.2) is 24.3 Å². The number of carbonyl (C=O) groups is 2. The first kappa shape index (κ1) is 14.7. The minimum Gasteiger partial charge on any atom is -0.497 e. The van der Waals surface area contributed by atoms with Crippen LogP contribution in [0.1, 0.15) is 12.8 Å². The van der Waals surface area contributed by atoms with Gasteiger partial charge in [0, 0.05) is 44.4 Å². The Balaban J connectivity index is 1.58. The highest BCUT2D eigenvalue weighted by atomic mass is 16.5. The molecule has 0 unspecified atom stereocenters. The molecular weight excluding hydrogens is 282 g/mol. The Morgan fingerprint density at radius 2 is 2.05 bits per heavy atom. The van der Waals surface area contributed by atoms with E-state index in [4.69, 9.17) is 4.74 Å². The van der Waals surface area contributed by atoms with Gasteiger partial charge in [0.05, 0.1) is 7.11 Å². The fraction of sp³-hybridized carbons (Fsp3) is 0.500. The van der Waals surface area contributed by atoms with Crippen molar-refractivity contribution in [1.29, 1.82) is 0 Å². The van der Waals surface area contributed by atoms with E-state index in [9.17, 15) is 9.59 Å². The van der Waals surface area contributed by atoms with Crippen LogP contribution in [0.25, 0.3) is 0 Å². The Hall–Kier alpha value is -2.24. The molecule has 0 saturated carbocycles. The lowest BCUT2D eigenvalue weighted by Gasteiger charge is -2.37. The summed E-state index contributed by atoms with van der Waals surface area (Å²) in [7, 11) is 1.66. The Morgan fingerprint density at radius 3 is 2.68 bits per heavy atom. The second-order valence-electron chi connectivity index (χ2n) is 5.67. The summed E-state index contributed by atoms with van der Waals surface area (Å²) >= 11 is 0. The van der Waals surface area contributed by atoms with Gasteiger partial charge in [0.1, 0.15) is 11.8 Å². The zero-order valence-corrected chi connectivity index (χ0v) is 12.7. The molecular formula is C16H21N3O3. The van der Waals surface area contributed by atoms with Crippen LogP contribution >= 0.6 is 0 Å². The molecule has 118 valence electrons. The van der Waals surface area contributed by atoms with Crippen molar-refractivity contribution in [2.75, 3.05) is 38.2 Å². The van der Waals surface area contributed by atoms with Gasteiger partial charge in [-0.15, -0.1) is 0 Å². The number of hydrogen-bond donors (Lipinski definition) is 1. The first-order chi connectivity index (χ1) is 10.7. The molecule has 3 rings (SSSR count). The number of hydrogen-bond acceptors (Lipinski definition) is 4. The van der Waals surface area contributed by atoms with Crippen LogP contribution in [-0.4, -0.2) is 56.0 Å². The van der Waals surface area contributed by atoms with Crippen molar-refractivity contribution < 1.29 is 14.3 Å². The maximum absolute atomic E-state index is 12.4. The molecule has 22 heavy (non-hydrogen) atoms. The smallest absolute Gasteiger partial charge is 0.245 e. The molecule has 1 N–H and O–H groups in total. The van der Waals surface area contributed by atoms with Crippen LogP contribution in [0.2, 0.25) is 0 Å². The van der Waals surface area contributed by atoms with Crippen molar-refractivity contribution in [2.45, 2.75) is 18.9 Å². The lowest BCUT2D eigenvalue weighted by molar-refractivity contribution is -0.134. The molecule has 0 radical (unpaired) electrons. The van der Waals surface area contributed by atoms with Crippen molar-refractivity contribution in [1.82, 2.24) is 10.2 Å². The van der Waals surface area contributed by atoms with Crippen molar-refractivity contribution in [3.63, 3.8) is 0 Å². The zero-order chi connectivity index (χ0) is 15.5. The molecule has 2 fully saturated rings. The van der Waals surface area contributed by atoms with E-state index >= 15 is 0 Å². The molecule has 6 heteroatoms. The SMILES string of the molecule is COc1cccc(N2CCN(C(=O)[C@@H]3CCC(=O)N3)CC2)c1. The summed E-state index contributed by atoms with van der Waals surface area (Å²) in [6.45, 7) is 2.95. The number of rotatable bonds is 3. The standard InChI is InChI=1S/C16H21N3O3/c1-22-13-4-2-3-12(11-13)18-7-9-19(10-8-18)16(21)14-5-6-15(20)17-14/h2-4,11,14H,5-10H2,1H3,(H,17,20)/t14-/m0/s1. The summed E-state index contributed by atoms with van der Waals surface area (Å²) < 4.78 is 5.25. The van der Waals surface area contributed by atoms with Gasteiger partial charge in [-0.05, 0) is 18.6 Å². The van der Waals surface area contributed by atoms with Gasteiger partial charge < -0.3 is 19.9 Å². The normalized spacial score (nSPS) is 21.7. The Bertz CT molecular complexity index is 568. The zero-order valence-electron chi connectivity index (χ0n) is 12.7. The van der Waals surface area contributed by atoms with E-state index in [2.05, 4.69) is 16.3 Å². The molecule has 2 aliphatic rings. The summed E-state index contributed by atoms with van der Waals surface area (Å²) in [6, 6.07) is 7.63. The lowest BCUT2D eigenvalue weighted by atomic mass is 10.1.